The summed E-state index contributed by atoms with van der Waals surface area (Å²) in [6.07, 6.45) is 0.922. The van der Waals surface area contributed by atoms with E-state index in [1.807, 2.05) is 26.2 Å². The van der Waals surface area contributed by atoms with Gasteiger partial charge in [0.25, 0.3) is 0 Å². The molecule has 0 radical (unpaired) electrons. The molecule has 0 aromatic carbocycles. The maximum absolute atomic E-state index is 13.0. The molecular weight excluding hydrogens is 340 g/mol. The topological polar surface area (TPSA) is 77.5 Å². The third kappa shape index (κ3) is 4.58. The lowest BCUT2D eigenvalue weighted by molar-refractivity contribution is -0.163. The first kappa shape index (κ1) is 19.8. The summed E-state index contributed by atoms with van der Waals surface area (Å²) in [7, 11) is 1.37. The maximum atomic E-state index is 13.0. The van der Waals surface area contributed by atoms with Crippen molar-refractivity contribution in [2.75, 3.05) is 7.11 Å². The van der Waals surface area contributed by atoms with Gasteiger partial charge in [0.15, 0.2) is 0 Å². The van der Waals surface area contributed by atoms with Gasteiger partial charge >= 0.3 is 11.9 Å². The summed E-state index contributed by atoms with van der Waals surface area (Å²) >= 11 is 1.46. The van der Waals surface area contributed by atoms with Gasteiger partial charge in [-0.25, -0.2) is 4.98 Å². The number of nitrogens with one attached hydrogen (secondary N) is 1. The van der Waals surface area contributed by atoms with Gasteiger partial charge in [-0.1, -0.05) is 13.8 Å². The number of carbonyl (C=O) groups excluding carboxylic acids is 2. The lowest BCUT2D eigenvalue weighted by Crippen LogP contribution is -2.52. The Hall–Kier alpha value is -1.47. The second-order valence-electron chi connectivity index (χ2n) is 8.05. The largest absolute Gasteiger partial charge is 0.469 e. The van der Waals surface area contributed by atoms with Crippen LogP contribution in [-0.4, -0.2) is 35.2 Å². The van der Waals surface area contributed by atoms with Crippen molar-refractivity contribution in [3.8, 4) is 0 Å². The fourth-order valence-electron chi connectivity index (χ4n) is 3.42. The number of methoxy groups -OCH3 is 1. The van der Waals surface area contributed by atoms with Crippen molar-refractivity contribution in [3.05, 3.63) is 16.6 Å². The summed E-state index contributed by atoms with van der Waals surface area (Å²) in [6, 6.07) is -0.357. The molecule has 7 heteroatoms. The number of esters is 2. The van der Waals surface area contributed by atoms with E-state index in [0.717, 1.165) is 5.69 Å². The molecule has 25 heavy (non-hydrogen) atoms. The number of nitrogens with zero attached hydrogens (tertiary/aromatic N) is 1. The number of rotatable bonds is 5. The minimum Gasteiger partial charge on any atom is -0.469 e. The smallest absolute Gasteiger partial charge is 0.326 e. The predicted octanol–water partition coefficient (Wildman–Crippen LogP) is 3.09. The highest BCUT2D eigenvalue weighted by molar-refractivity contribution is 7.07. The molecule has 0 bridgehead atoms. The van der Waals surface area contributed by atoms with Gasteiger partial charge in [0, 0.05) is 5.38 Å². The third-order valence-electron chi connectivity index (χ3n) is 4.22. The van der Waals surface area contributed by atoms with Crippen LogP contribution in [0.15, 0.2) is 10.9 Å². The number of hydrogen-bond acceptors (Lipinski definition) is 7. The lowest BCUT2D eigenvalue weighted by atomic mass is 9.84. The monoisotopic (exact) mass is 368 g/mol. The van der Waals surface area contributed by atoms with Crippen LogP contribution in [0.3, 0.4) is 0 Å². The molecule has 140 valence electrons. The van der Waals surface area contributed by atoms with Crippen molar-refractivity contribution in [2.24, 2.45) is 11.8 Å². The molecular formula is C18H28N2O4S. The van der Waals surface area contributed by atoms with Crippen LogP contribution < -0.4 is 5.32 Å². The normalized spacial score (nSPS) is 26.7. The van der Waals surface area contributed by atoms with Crippen LogP contribution in [0.4, 0.5) is 0 Å². The van der Waals surface area contributed by atoms with Crippen LogP contribution in [0.5, 0.6) is 0 Å². The number of ether oxygens (including phenoxy) is 2. The summed E-state index contributed by atoms with van der Waals surface area (Å²) in [5, 5.41) is 5.29. The van der Waals surface area contributed by atoms with Crippen molar-refractivity contribution in [1.82, 2.24) is 10.3 Å². The van der Waals surface area contributed by atoms with E-state index in [0.29, 0.717) is 12.8 Å². The van der Waals surface area contributed by atoms with Gasteiger partial charge in [-0.15, -0.1) is 11.3 Å². The molecule has 0 unspecified atom stereocenters. The second-order valence-corrected chi connectivity index (χ2v) is 8.77. The Morgan fingerprint density at radius 2 is 2.12 bits per heavy atom. The molecule has 0 saturated carbocycles. The van der Waals surface area contributed by atoms with Gasteiger partial charge < -0.3 is 9.47 Å². The van der Waals surface area contributed by atoms with E-state index >= 15 is 0 Å². The SMILES string of the molecule is COC(=O)[C@H]1C[C@@](CC(C)C)(C(=O)OC(C)(C)C)N[C@H]1c1cscn1. The predicted molar refractivity (Wildman–Crippen MR) is 96.1 cm³/mol. The van der Waals surface area contributed by atoms with Crippen LogP contribution in [0, 0.1) is 11.8 Å². The molecule has 1 aliphatic heterocycles. The average molecular weight is 368 g/mol. The highest BCUT2D eigenvalue weighted by Crippen LogP contribution is 2.42. The van der Waals surface area contributed by atoms with Gasteiger partial charge in [0.05, 0.1) is 30.3 Å². The molecule has 1 N–H and O–H groups in total. The summed E-state index contributed by atoms with van der Waals surface area (Å²) in [4.78, 5) is 29.7. The van der Waals surface area contributed by atoms with E-state index in [1.54, 1.807) is 5.51 Å². The zero-order valence-corrected chi connectivity index (χ0v) is 16.6. The fourth-order valence-corrected chi connectivity index (χ4v) is 4.01. The van der Waals surface area contributed by atoms with E-state index in [-0.39, 0.29) is 23.9 Å². The summed E-state index contributed by atoms with van der Waals surface area (Å²) in [6.45, 7) is 9.64. The fraction of sp³-hybridized carbons (Fsp3) is 0.722. The molecule has 0 aliphatic carbocycles. The second kappa shape index (κ2) is 7.41. The quantitative estimate of drug-likeness (QED) is 0.805. The van der Waals surface area contributed by atoms with Crippen LogP contribution in [-0.2, 0) is 19.1 Å². The van der Waals surface area contributed by atoms with Crippen LogP contribution in [0.2, 0.25) is 0 Å². The molecule has 1 saturated heterocycles. The summed E-state index contributed by atoms with van der Waals surface area (Å²) in [5.41, 5.74) is 0.965. The van der Waals surface area contributed by atoms with Crippen molar-refractivity contribution >= 4 is 23.3 Å². The minimum atomic E-state index is -0.922. The van der Waals surface area contributed by atoms with Gasteiger partial charge in [-0.2, -0.15) is 0 Å². The van der Waals surface area contributed by atoms with Crippen molar-refractivity contribution in [3.63, 3.8) is 0 Å². The molecule has 6 nitrogen and oxygen atoms in total. The number of carbonyl (C=O) groups is 2. The van der Waals surface area contributed by atoms with Gasteiger partial charge in [0.1, 0.15) is 11.1 Å². The molecule has 1 aromatic rings. The molecule has 2 heterocycles. The van der Waals surface area contributed by atoms with Crippen LogP contribution in [0.25, 0.3) is 0 Å². The van der Waals surface area contributed by atoms with E-state index < -0.39 is 17.1 Å². The maximum Gasteiger partial charge on any atom is 0.326 e. The summed E-state index contributed by atoms with van der Waals surface area (Å²) < 4.78 is 10.7. The highest BCUT2D eigenvalue weighted by atomic mass is 32.1. The van der Waals surface area contributed by atoms with Crippen LogP contribution >= 0.6 is 11.3 Å². The summed E-state index contributed by atoms with van der Waals surface area (Å²) in [5.74, 6) is -0.870. The Labute approximate surface area is 153 Å². The molecule has 1 fully saturated rings. The molecule has 3 atom stereocenters. The standard InChI is InChI=1S/C18H28N2O4S/c1-11(2)7-18(16(22)24-17(3,4)5)8-12(15(21)23-6)14(20-18)13-9-25-10-19-13/h9-12,14,20H,7-8H2,1-6H3/t12-,14+,18-/m0/s1. The number of aromatic nitrogens is 1. The zero-order valence-electron chi connectivity index (χ0n) is 15.8. The van der Waals surface area contributed by atoms with E-state index in [9.17, 15) is 9.59 Å². The van der Waals surface area contributed by atoms with Gasteiger partial charge in [-0.3, -0.25) is 14.9 Å². The van der Waals surface area contributed by atoms with Crippen molar-refractivity contribution < 1.29 is 19.1 Å². The molecule has 1 aliphatic rings. The molecule has 0 spiro atoms. The molecule has 1 aromatic heterocycles. The van der Waals surface area contributed by atoms with Crippen LogP contribution in [0.1, 0.15) is 59.2 Å². The van der Waals surface area contributed by atoms with Crippen molar-refractivity contribution in [2.45, 2.75) is 64.6 Å². The number of thiazole rings is 1. The van der Waals surface area contributed by atoms with Gasteiger partial charge in [-0.05, 0) is 39.5 Å². The first-order chi connectivity index (χ1) is 11.6. The Morgan fingerprint density at radius 1 is 1.44 bits per heavy atom. The van der Waals surface area contributed by atoms with Gasteiger partial charge in [0.2, 0.25) is 0 Å². The minimum absolute atomic E-state index is 0.257. The first-order valence-electron chi connectivity index (χ1n) is 8.55. The lowest BCUT2D eigenvalue weighted by Gasteiger charge is -2.33. The third-order valence-corrected chi connectivity index (χ3v) is 4.83. The molecule has 2 rings (SSSR count). The van der Waals surface area contributed by atoms with Crippen molar-refractivity contribution in [1.29, 1.82) is 0 Å². The Balaban J connectivity index is 2.39. The Bertz CT molecular complexity index is 609. The Kier molecular flexibility index (Phi) is 5.89. The zero-order chi connectivity index (χ0) is 18.8. The number of hydrogen-bond donors (Lipinski definition) is 1. The van der Waals surface area contributed by atoms with E-state index in [2.05, 4.69) is 24.1 Å². The first-order valence-corrected chi connectivity index (χ1v) is 9.49. The highest BCUT2D eigenvalue weighted by Gasteiger charge is 2.55. The molecule has 0 amide bonds. The van der Waals surface area contributed by atoms with E-state index in [4.69, 9.17) is 9.47 Å². The Morgan fingerprint density at radius 3 is 2.60 bits per heavy atom. The average Bonchev–Trinajstić information content (AvgIpc) is 3.11. The van der Waals surface area contributed by atoms with E-state index in [1.165, 1.54) is 18.4 Å².